The largest absolute Gasteiger partial charge is 0.423 e. The van der Waals surface area contributed by atoms with Crippen LogP contribution in [0.25, 0.3) is 0 Å². The zero-order chi connectivity index (χ0) is 11.3. The Kier molecular flexibility index (Phi) is 4.10. The number of ether oxygens (including phenoxy) is 1. The number of carbonyl (C=O) groups excluding carboxylic acids is 1. The summed E-state index contributed by atoms with van der Waals surface area (Å²) in [4.78, 5) is 11.2. The van der Waals surface area contributed by atoms with Crippen LogP contribution in [0.2, 0.25) is 0 Å². The first-order valence-electron chi connectivity index (χ1n) is 5.10. The fourth-order valence-corrected chi connectivity index (χ4v) is 1.21. The highest BCUT2D eigenvalue weighted by Gasteiger charge is 2.04. The summed E-state index contributed by atoms with van der Waals surface area (Å²) in [5.74, 6) is 0.195. The summed E-state index contributed by atoms with van der Waals surface area (Å²) >= 11 is 0. The molecule has 0 aliphatic carbocycles. The summed E-state index contributed by atoms with van der Waals surface area (Å²) in [5, 5.41) is 0. The van der Waals surface area contributed by atoms with Crippen LogP contribution in [0.4, 0.5) is 0 Å². The van der Waals surface area contributed by atoms with Gasteiger partial charge in [0.2, 0.25) is 0 Å². The minimum absolute atomic E-state index is 0.377. The molecule has 0 heterocycles. The normalized spacial score (nSPS) is 9.73. The molecule has 0 aliphatic rings. The number of benzene rings is 1. The predicted octanol–water partition coefficient (Wildman–Crippen LogP) is 3.12. The first-order chi connectivity index (χ1) is 7.13. The number of rotatable bonds is 4. The van der Waals surface area contributed by atoms with Gasteiger partial charge >= 0.3 is 5.97 Å². The molecule has 0 unspecified atom stereocenters. The van der Waals surface area contributed by atoms with Gasteiger partial charge < -0.3 is 4.74 Å². The van der Waals surface area contributed by atoms with Crippen LogP contribution in [-0.2, 0) is 11.2 Å². The Labute approximate surface area is 90.6 Å². The third-order valence-electron chi connectivity index (χ3n) is 2.02. The average Bonchev–Trinajstić information content (AvgIpc) is 2.21. The number of aryl methyl sites for hydroxylation is 1. The maximum atomic E-state index is 11.2. The van der Waals surface area contributed by atoms with Crippen molar-refractivity contribution in [1.82, 2.24) is 0 Å². The van der Waals surface area contributed by atoms with E-state index in [2.05, 4.69) is 13.5 Å². The molecule has 80 valence electrons. The van der Waals surface area contributed by atoms with E-state index >= 15 is 0 Å². The molecule has 1 rings (SSSR count). The van der Waals surface area contributed by atoms with Crippen LogP contribution >= 0.6 is 0 Å². The summed E-state index contributed by atoms with van der Waals surface area (Å²) in [5.41, 5.74) is 1.67. The molecule has 0 fully saturated rings. The predicted molar refractivity (Wildman–Crippen MR) is 60.9 cm³/mol. The molecule has 0 bridgehead atoms. The summed E-state index contributed by atoms with van der Waals surface area (Å²) in [7, 11) is 0. The molecule has 2 heteroatoms. The van der Waals surface area contributed by atoms with Gasteiger partial charge in [0.1, 0.15) is 5.75 Å². The second-order valence-corrected chi connectivity index (χ2v) is 3.56. The van der Waals surface area contributed by atoms with Crippen LogP contribution in [0.5, 0.6) is 5.75 Å². The van der Waals surface area contributed by atoms with Gasteiger partial charge in [-0.1, -0.05) is 32.1 Å². The third kappa shape index (κ3) is 3.58. The lowest BCUT2D eigenvalue weighted by atomic mass is 10.1. The minimum atomic E-state index is -0.377. The van der Waals surface area contributed by atoms with Gasteiger partial charge in [0.05, 0.1) is 0 Å². The molecule has 1 aromatic rings. The van der Waals surface area contributed by atoms with Crippen LogP contribution in [0, 0.1) is 0 Å². The monoisotopic (exact) mass is 204 g/mol. The van der Waals surface area contributed by atoms with Gasteiger partial charge in [-0.3, -0.25) is 0 Å². The zero-order valence-electron chi connectivity index (χ0n) is 9.25. The smallest absolute Gasteiger partial charge is 0.338 e. The molecule has 0 atom stereocenters. The number of hydrogen-bond acceptors (Lipinski definition) is 2. The van der Waals surface area contributed by atoms with E-state index in [1.807, 2.05) is 24.3 Å². The Morgan fingerprint density at radius 1 is 1.33 bits per heavy atom. The second kappa shape index (κ2) is 5.35. The highest BCUT2D eigenvalue weighted by atomic mass is 16.5. The van der Waals surface area contributed by atoms with Crippen molar-refractivity contribution in [3.05, 3.63) is 42.0 Å². The molecular weight excluding hydrogens is 188 g/mol. The van der Waals surface area contributed by atoms with E-state index in [-0.39, 0.29) is 5.97 Å². The van der Waals surface area contributed by atoms with Crippen molar-refractivity contribution < 1.29 is 9.53 Å². The Balaban J connectivity index is 2.64. The Bertz CT molecular complexity index is 349. The molecule has 0 saturated carbocycles. The Hall–Kier alpha value is -1.57. The molecular formula is C13H16O2. The van der Waals surface area contributed by atoms with Gasteiger partial charge in [0.15, 0.2) is 0 Å². The molecule has 2 nitrogen and oxygen atoms in total. The van der Waals surface area contributed by atoms with Crippen molar-refractivity contribution in [2.45, 2.75) is 26.7 Å². The fourth-order valence-electron chi connectivity index (χ4n) is 1.21. The quantitative estimate of drug-likeness (QED) is 0.428. The van der Waals surface area contributed by atoms with Gasteiger partial charge in [-0.05, 0) is 31.0 Å². The maximum absolute atomic E-state index is 11.2. The SMILES string of the molecule is C=C(C)C(=O)Oc1ccc(CCC)cc1. The maximum Gasteiger partial charge on any atom is 0.338 e. The van der Waals surface area contributed by atoms with Crippen LogP contribution in [0.3, 0.4) is 0 Å². The van der Waals surface area contributed by atoms with Crippen molar-refractivity contribution in [1.29, 1.82) is 0 Å². The number of carbonyl (C=O) groups is 1. The lowest BCUT2D eigenvalue weighted by Gasteiger charge is -2.04. The van der Waals surface area contributed by atoms with Gasteiger partial charge in [0, 0.05) is 5.57 Å². The van der Waals surface area contributed by atoms with Crippen molar-refractivity contribution in [3.63, 3.8) is 0 Å². The van der Waals surface area contributed by atoms with Crippen LogP contribution in [0.15, 0.2) is 36.4 Å². The first-order valence-corrected chi connectivity index (χ1v) is 5.10. The average molecular weight is 204 g/mol. The molecule has 0 N–H and O–H groups in total. The lowest BCUT2D eigenvalue weighted by molar-refractivity contribution is -0.130. The van der Waals surface area contributed by atoms with E-state index in [4.69, 9.17) is 4.74 Å². The first kappa shape index (κ1) is 11.5. The molecule has 1 aromatic carbocycles. The van der Waals surface area contributed by atoms with Crippen molar-refractivity contribution in [3.8, 4) is 5.75 Å². The number of esters is 1. The molecule has 0 amide bonds. The summed E-state index contributed by atoms with van der Waals surface area (Å²) < 4.78 is 5.07. The van der Waals surface area contributed by atoms with E-state index in [0.29, 0.717) is 11.3 Å². The summed E-state index contributed by atoms with van der Waals surface area (Å²) in [6.45, 7) is 7.29. The van der Waals surface area contributed by atoms with E-state index in [0.717, 1.165) is 12.8 Å². The standard InChI is InChI=1S/C13H16O2/c1-4-5-11-6-8-12(9-7-11)15-13(14)10(2)3/h6-9H,2,4-5H2,1,3H3. The van der Waals surface area contributed by atoms with E-state index < -0.39 is 0 Å². The van der Waals surface area contributed by atoms with Gasteiger partial charge in [0.25, 0.3) is 0 Å². The van der Waals surface area contributed by atoms with E-state index in [9.17, 15) is 4.79 Å². The lowest BCUT2D eigenvalue weighted by Crippen LogP contribution is -2.07. The van der Waals surface area contributed by atoms with Crippen LogP contribution in [0.1, 0.15) is 25.8 Å². The summed E-state index contributed by atoms with van der Waals surface area (Å²) in [6.07, 6.45) is 2.17. The van der Waals surface area contributed by atoms with Crippen molar-refractivity contribution in [2.24, 2.45) is 0 Å². The topological polar surface area (TPSA) is 26.3 Å². The number of hydrogen-bond donors (Lipinski definition) is 0. The Morgan fingerprint density at radius 3 is 2.40 bits per heavy atom. The fraction of sp³-hybridized carbons (Fsp3) is 0.308. The van der Waals surface area contributed by atoms with E-state index in [1.165, 1.54) is 5.56 Å². The molecule has 0 spiro atoms. The highest BCUT2D eigenvalue weighted by molar-refractivity contribution is 5.88. The Morgan fingerprint density at radius 2 is 1.93 bits per heavy atom. The molecule has 0 aliphatic heterocycles. The zero-order valence-corrected chi connectivity index (χ0v) is 9.25. The summed E-state index contributed by atoms with van der Waals surface area (Å²) in [6, 6.07) is 7.58. The van der Waals surface area contributed by atoms with Crippen molar-refractivity contribution in [2.75, 3.05) is 0 Å². The third-order valence-corrected chi connectivity index (χ3v) is 2.02. The second-order valence-electron chi connectivity index (χ2n) is 3.56. The molecule has 0 saturated heterocycles. The molecule has 15 heavy (non-hydrogen) atoms. The van der Waals surface area contributed by atoms with Gasteiger partial charge in [-0.25, -0.2) is 4.79 Å². The van der Waals surface area contributed by atoms with Crippen molar-refractivity contribution >= 4 is 5.97 Å². The minimum Gasteiger partial charge on any atom is -0.423 e. The van der Waals surface area contributed by atoms with E-state index in [1.54, 1.807) is 6.92 Å². The molecule has 0 aromatic heterocycles. The van der Waals surface area contributed by atoms with Gasteiger partial charge in [-0.2, -0.15) is 0 Å². The van der Waals surface area contributed by atoms with Gasteiger partial charge in [-0.15, -0.1) is 0 Å². The molecule has 0 radical (unpaired) electrons. The van der Waals surface area contributed by atoms with Crippen LogP contribution < -0.4 is 4.74 Å². The van der Waals surface area contributed by atoms with Crippen LogP contribution in [-0.4, -0.2) is 5.97 Å². The highest BCUT2D eigenvalue weighted by Crippen LogP contribution is 2.14.